The van der Waals surface area contributed by atoms with Crippen LogP contribution in [0.1, 0.15) is 91.8 Å². The zero-order chi connectivity index (χ0) is 17.6. The molecular formula is C20H32N2O2. The molecule has 0 bridgehead atoms. The summed E-state index contributed by atoms with van der Waals surface area (Å²) in [5, 5.41) is 2.87. The standard InChI is InChI=1S/C20H32N2O2/c1-2-3-4-5-6-7-8-9-10-13-16-22-20(24)18-15-12-11-14-17(18)19(21)23/h11-12,14-15H,2-10,13,16H2,1H3,(H2,21,23)(H,22,24). The van der Waals surface area contributed by atoms with Crippen molar-refractivity contribution in [1.82, 2.24) is 5.32 Å². The maximum absolute atomic E-state index is 12.1. The Bertz CT molecular complexity index is 500. The van der Waals surface area contributed by atoms with Crippen LogP contribution in [0.15, 0.2) is 24.3 Å². The van der Waals surface area contributed by atoms with Crippen LogP contribution < -0.4 is 11.1 Å². The third-order valence-electron chi connectivity index (χ3n) is 4.25. The van der Waals surface area contributed by atoms with Crippen LogP contribution in [0, 0.1) is 0 Å². The average Bonchev–Trinajstić information content (AvgIpc) is 2.59. The van der Waals surface area contributed by atoms with Crippen LogP contribution in [0.25, 0.3) is 0 Å². The molecule has 134 valence electrons. The third kappa shape index (κ3) is 8.14. The van der Waals surface area contributed by atoms with E-state index in [0.717, 1.165) is 12.8 Å². The number of hydrogen-bond donors (Lipinski definition) is 2. The number of unbranched alkanes of at least 4 members (excludes halogenated alkanes) is 9. The van der Waals surface area contributed by atoms with Gasteiger partial charge >= 0.3 is 0 Å². The summed E-state index contributed by atoms with van der Waals surface area (Å²) in [4.78, 5) is 23.4. The minimum Gasteiger partial charge on any atom is -0.366 e. The molecule has 1 aromatic carbocycles. The number of hydrogen-bond acceptors (Lipinski definition) is 2. The highest BCUT2D eigenvalue weighted by Gasteiger charge is 2.13. The summed E-state index contributed by atoms with van der Waals surface area (Å²) in [6.45, 7) is 2.88. The molecule has 2 amide bonds. The topological polar surface area (TPSA) is 72.2 Å². The Balaban J connectivity index is 2.09. The fourth-order valence-corrected chi connectivity index (χ4v) is 2.81. The van der Waals surface area contributed by atoms with Crippen molar-refractivity contribution in [2.45, 2.75) is 71.1 Å². The van der Waals surface area contributed by atoms with Crippen LogP contribution in [-0.4, -0.2) is 18.4 Å². The van der Waals surface area contributed by atoms with E-state index in [1.807, 2.05) is 0 Å². The van der Waals surface area contributed by atoms with Gasteiger partial charge in [-0.3, -0.25) is 9.59 Å². The van der Waals surface area contributed by atoms with E-state index in [0.29, 0.717) is 12.1 Å². The Morgan fingerprint density at radius 2 is 1.33 bits per heavy atom. The summed E-state index contributed by atoms with van der Waals surface area (Å²) >= 11 is 0. The van der Waals surface area contributed by atoms with Crippen molar-refractivity contribution in [3.63, 3.8) is 0 Å². The summed E-state index contributed by atoms with van der Waals surface area (Å²) in [6.07, 6.45) is 12.7. The van der Waals surface area contributed by atoms with Gasteiger partial charge in [0.15, 0.2) is 0 Å². The SMILES string of the molecule is CCCCCCCCCCCCNC(=O)c1ccccc1C(N)=O. The van der Waals surface area contributed by atoms with E-state index in [2.05, 4.69) is 12.2 Å². The summed E-state index contributed by atoms with van der Waals surface area (Å²) in [6, 6.07) is 6.66. The van der Waals surface area contributed by atoms with Crippen LogP contribution in [0.4, 0.5) is 0 Å². The highest BCUT2D eigenvalue weighted by Crippen LogP contribution is 2.11. The van der Waals surface area contributed by atoms with Crippen molar-refractivity contribution in [2.75, 3.05) is 6.54 Å². The predicted molar refractivity (Wildman–Crippen MR) is 99.1 cm³/mol. The molecule has 3 N–H and O–H groups in total. The molecule has 0 aliphatic heterocycles. The molecule has 4 nitrogen and oxygen atoms in total. The van der Waals surface area contributed by atoms with Crippen molar-refractivity contribution >= 4 is 11.8 Å². The van der Waals surface area contributed by atoms with Gasteiger partial charge in [0, 0.05) is 6.54 Å². The second-order valence-corrected chi connectivity index (χ2v) is 6.35. The van der Waals surface area contributed by atoms with Gasteiger partial charge in [0.05, 0.1) is 11.1 Å². The van der Waals surface area contributed by atoms with Gasteiger partial charge in [-0.05, 0) is 18.6 Å². The van der Waals surface area contributed by atoms with Crippen LogP contribution in [0.2, 0.25) is 0 Å². The van der Waals surface area contributed by atoms with Gasteiger partial charge in [-0.2, -0.15) is 0 Å². The largest absolute Gasteiger partial charge is 0.366 e. The second-order valence-electron chi connectivity index (χ2n) is 6.35. The maximum atomic E-state index is 12.1. The molecule has 0 saturated carbocycles. The van der Waals surface area contributed by atoms with Gasteiger partial charge < -0.3 is 11.1 Å². The van der Waals surface area contributed by atoms with Gasteiger partial charge in [-0.1, -0.05) is 76.8 Å². The molecule has 0 heterocycles. The zero-order valence-electron chi connectivity index (χ0n) is 15.0. The van der Waals surface area contributed by atoms with Crippen LogP contribution in [0.3, 0.4) is 0 Å². The van der Waals surface area contributed by atoms with E-state index in [1.54, 1.807) is 24.3 Å². The number of carbonyl (C=O) groups excluding carboxylic acids is 2. The number of rotatable bonds is 13. The number of nitrogens with two attached hydrogens (primary N) is 1. The lowest BCUT2D eigenvalue weighted by Crippen LogP contribution is -2.27. The van der Waals surface area contributed by atoms with E-state index in [-0.39, 0.29) is 11.5 Å². The quantitative estimate of drug-likeness (QED) is 0.524. The molecule has 0 fully saturated rings. The van der Waals surface area contributed by atoms with Crippen molar-refractivity contribution in [3.05, 3.63) is 35.4 Å². The van der Waals surface area contributed by atoms with Gasteiger partial charge in [0.2, 0.25) is 5.91 Å². The summed E-state index contributed by atoms with van der Waals surface area (Å²) in [5.41, 5.74) is 5.93. The predicted octanol–water partition coefficient (Wildman–Crippen LogP) is 4.44. The molecule has 0 radical (unpaired) electrons. The summed E-state index contributed by atoms with van der Waals surface area (Å²) in [5.74, 6) is -0.792. The van der Waals surface area contributed by atoms with Crippen molar-refractivity contribution in [1.29, 1.82) is 0 Å². The Morgan fingerprint density at radius 3 is 1.88 bits per heavy atom. The van der Waals surface area contributed by atoms with Crippen molar-refractivity contribution < 1.29 is 9.59 Å². The fourth-order valence-electron chi connectivity index (χ4n) is 2.81. The number of nitrogens with one attached hydrogen (secondary N) is 1. The maximum Gasteiger partial charge on any atom is 0.252 e. The first-order chi connectivity index (χ1) is 11.7. The third-order valence-corrected chi connectivity index (χ3v) is 4.25. The summed E-state index contributed by atoms with van der Waals surface area (Å²) < 4.78 is 0. The highest BCUT2D eigenvalue weighted by molar-refractivity contribution is 6.06. The van der Waals surface area contributed by atoms with Gasteiger partial charge in [-0.15, -0.1) is 0 Å². The monoisotopic (exact) mass is 332 g/mol. The summed E-state index contributed by atoms with van der Waals surface area (Å²) in [7, 11) is 0. The Morgan fingerprint density at radius 1 is 0.833 bits per heavy atom. The molecule has 1 rings (SSSR count). The minimum absolute atomic E-state index is 0.222. The molecule has 0 aliphatic carbocycles. The van der Waals surface area contributed by atoms with Gasteiger partial charge in [0.25, 0.3) is 5.91 Å². The number of amides is 2. The van der Waals surface area contributed by atoms with E-state index in [4.69, 9.17) is 5.73 Å². The van der Waals surface area contributed by atoms with Crippen LogP contribution in [-0.2, 0) is 0 Å². The highest BCUT2D eigenvalue weighted by atomic mass is 16.2. The lowest BCUT2D eigenvalue weighted by Gasteiger charge is -2.08. The lowest BCUT2D eigenvalue weighted by atomic mass is 10.1. The van der Waals surface area contributed by atoms with Crippen molar-refractivity contribution in [3.8, 4) is 0 Å². The molecule has 0 aliphatic rings. The molecule has 1 aromatic rings. The molecule has 0 unspecified atom stereocenters. The van der Waals surface area contributed by atoms with Crippen LogP contribution >= 0.6 is 0 Å². The Hall–Kier alpha value is -1.84. The van der Waals surface area contributed by atoms with E-state index < -0.39 is 5.91 Å². The first-order valence-electron chi connectivity index (χ1n) is 9.33. The average molecular weight is 332 g/mol. The van der Waals surface area contributed by atoms with E-state index >= 15 is 0 Å². The second kappa shape index (κ2) is 12.6. The fraction of sp³-hybridized carbons (Fsp3) is 0.600. The molecule has 0 spiro atoms. The van der Waals surface area contributed by atoms with Crippen molar-refractivity contribution in [2.24, 2.45) is 5.73 Å². The first-order valence-corrected chi connectivity index (χ1v) is 9.33. The van der Waals surface area contributed by atoms with Gasteiger partial charge in [0.1, 0.15) is 0 Å². The molecule has 0 atom stereocenters. The zero-order valence-corrected chi connectivity index (χ0v) is 15.0. The first kappa shape index (κ1) is 20.2. The minimum atomic E-state index is -0.570. The molecule has 24 heavy (non-hydrogen) atoms. The number of benzene rings is 1. The lowest BCUT2D eigenvalue weighted by molar-refractivity contribution is 0.0935. The normalized spacial score (nSPS) is 10.5. The Labute approximate surface area is 146 Å². The van der Waals surface area contributed by atoms with E-state index in [9.17, 15) is 9.59 Å². The number of primary amides is 1. The smallest absolute Gasteiger partial charge is 0.252 e. The number of carbonyl (C=O) groups is 2. The molecule has 0 saturated heterocycles. The van der Waals surface area contributed by atoms with Gasteiger partial charge in [-0.25, -0.2) is 0 Å². The Kier molecular flexibility index (Phi) is 10.6. The molecule has 4 heteroatoms. The molecular weight excluding hydrogens is 300 g/mol. The van der Waals surface area contributed by atoms with E-state index in [1.165, 1.54) is 51.4 Å². The van der Waals surface area contributed by atoms with Crippen LogP contribution in [0.5, 0.6) is 0 Å². The molecule has 0 aromatic heterocycles.